The number of rotatable bonds is 3. The predicted molar refractivity (Wildman–Crippen MR) is 69.8 cm³/mol. The molecule has 16 heavy (non-hydrogen) atoms. The molecule has 0 spiro atoms. The molecule has 3 atom stereocenters. The Balaban J connectivity index is 1.55. The van der Waals surface area contributed by atoms with Crippen molar-refractivity contribution in [3.8, 4) is 0 Å². The summed E-state index contributed by atoms with van der Waals surface area (Å²) in [5.74, 6) is 1.80. The van der Waals surface area contributed by atoms with Gasteiger partial charge in [0.25, 0.3) is 0 Å². The zero-order valence-electron chi connectivity index (χ0n) is 9.99. The number of hydrogen-bond acceptors (Lipinski definition) is 2. The smallest absolute Gasteiger partial charge is 0.0302 e. The zero-order valence-corrected chi connectivity index (χ0v) is 10.8. The molecule has 1 aromatic heterocycles. The molecule has 86 valence electrons. The molecule has 3 rings (SSSR count). The Bertz CT molecular complexity index is 399. The van der Waals surface area contributed by atoms with Crippen molar-refractivity contribution in [3.63, 3.8) is 0 Å². The molecule has 2 aliphatic rings. The van der Waals surface area contributed by atoms with Crippen LogP contribution in [0.2, 0.25) is 0 Å². The van der Waals surface area contributed by atoms with Gasteiger partial charge in [0, 0.05) is 22.3 Å². The van der Waals surface area contributed by atoms with Crippen LogP contribution in [0.5, 0.6) is 0 Å². The molecule has 0 saturated heterocycles. The van der Waals surface area contributed by atoms with Gasteiger partial charge >= 0.3 is 0 Å². The average molecular weight is 233 g/mol. The molecule has 1 N–H and O–H groups in total. The summed E-state index contributed by atoms with van der Waals surface area (Å²) < 4.78 is 0. The minimum Gasteiger partial charge on any atom is -0.308 e. The van der Waals surface area contributed by atoms with Gasteiger partial charge in [0.15, 0.2) is 0 Å². The summed E-state index contributed by atoms with van der Waals surface area (Å²) in [5, 5.41) is 3.71. The molecule has 0 aromatic carbocycles. The van der Waals surface area contributed by atoms with Crippen LogP contribution >= 0.6 is 11.3 Å². The molecule has 0 aliphatic heterocycles. The number of hydrogen-bond donors (Lipinski definition) is 1. The van der Waals surface area contributed by atoms with Crippen LogP contribution in [0.4, 0.5) is 0 Å². The highest BCUT2D eigenvalue weighted by molar-refractivity contribution is 7.12. The van der Waals surface area contributed by atoms with Crippen LogP contribution < -0.4 is 5.32 Å². The molecule has 1 heterocycles. The number of fused-ring (bicyclic) bond motifs is 1. The highest BCUT2D eigenvalue weighted by Crippen LogP contribution is 2.42. The van der Waals surface area contributed by atoms with Crippen molar-refractivity contribution in [1.82, 2.24) is 5.32 Å². The van der Waals surface area contributed by atoms with E-state index in [9.17, 15) is 0 Å². The Morgan fingerprint density at radius 1 is 1.44 bits per heavy atom. The first-order valence-corrected chi connectivity index (χ1v) is 7.01. The third kappa shape index (κ3) is 1.74. The quantitative estimate of drug-likeness (QED) is 0.789. The van der Waals surface area contributed by atoms with Crippen LogP contribution in [0.25, 0.3) is 0 Å². The Morgan fingerprint density at radius 3 is 3.00 bits per heavy atom. The predicted octanol–water partition coefficient (Wildman–Crippen LogP) is 3.42. The van der Waals surface area contributed by atoms with E-state index in [1.54, 1.807) is 0 Å². The van der Waals surface area contributed by atoms with E-state index in [0.29, 0.717) is 0 Å². The van der Waals surface area contributed by atoms with Crippen molar-refractivity contribution < 1.29 is 0 Å². The lowest BCUT2D eigenvalue weighted by molar-refractivity contribution is 0.162. The molecule has 0 amide bonds. The summed E-state index contributed by atoms with van der Waals surface area (Å²) in [7, 11) is 0. The summed E-state index contributed by atoms with van der Waals surface area (Å²) in [6.45, 7) is 5.47. The second-order valence-electron chi connectivity index (χ2n) is 5.18. The maximum Gasteiger partial charge on any atom is 0.0302 e. The number of nitrogens with one attached hydrogen (secondary N) is 1. The van der Waals surface area contributed by atoms with Gasteiger partial charge in [0.1, 0.15) is 0 Å². The molecule has 1 fully saturated rings. The fraction of sp³-hybridized carbons (Fsp3) is 0.571. The third-order valence-electron chi connectivity index (χ3n) is 4.12. The SMILES string of the molecule is Cc1cc(CNC2CC3CC=CC32)sc1C. The fourth-order valence-corrected chi connectivity index (χ4v) is 3.92. The van der Waals surface area contributed by atoms with Gasteiger partial charge in [-0.25, -0.2) is 0 Å². The Morgan fingerprint density at radius 2 is 2.31 bits per heavy atom. The van der Waals surface area contributed by atoms with Crippen molar-refractivity contribution in [1.29, 1.82) is 0 Å². The molecule has 1 aromatic rings. The summed E-state index contributed by atoms with van der Waals surface area (Å²) in [6, 6.07) is 3.07. The Kier molecular flexibility index (Phi) is 2.64. The highest BCUT2D eigenvalue weighted by atomic mass is 32.1. The Labute approximate surface area is 102 Å². The molecule has 1 saturated carbocycles. The molecule has 3 unspecified atom stereocenters. The van der Waals surface area contributed by atoms with Crippen molar-refractivity contribution in [2.45, 2.75) is 39.3 Å². The van der Waals surface area contributed by atoms with Crippen molar-refractivity contribution in [2.75, 3.05) is 0 Å². The van der Waals surface area contributed by atoms with Crippen LogP contribution in [-0.2, 0) is 6.54 Å². The topological polar surface area (TPSA) is 12.0 Å². The van der Waals surface area contributed by atoms with Gasteiger partial charge in [-0.3, -0.25) is 0 Å². The van der Waals surface area contributed by atoms with Gasteiger partial charge in [-0.2, -0.15) is 0 Å². The van der Waals surface area contributed by atoms with Gasteiger partial charge in [0.05, 0.1) is 0 Å². The monoisotopic (exact) mass is 233 g/mol. The van der Waals surface area contributed by atoms with Crippen LogP contribution in [0.3, 0.4) is 0 Å². The van der Waals surface area contributed by atoms with E-state index >= 15 is 0 Å². The minimum absolute atomic E-state index is 0.742. The first-order chi connectivity index (χ1) is 7.74. The molecule has 2 aliphatic carbocycles. The van der Waals surface area contributed by atoms with E-state index in [0.717, 1.165) is 24.4 Å². The number of allylic oxidation sites excluding steroid dienone is 1. The van der Waals surface area contributed by atoms with E-state index in [2.05, 4.69) is 37.4 Å². The van der Waals surface area contributed by atoms with Crippen molar-refractivity contribution >= 4 is 11.3 Å². The molecule has 2 heteroatoms. The average Bonchev–Trinajstić information content (AvgIpc) is 2.73. The second kappa shape index (κ2) is 4.01. The fourth-order valence-electron chi connectivity index (χ4n) is 2.92. The lowest BCUT2D eigenvalue weighted by Crippen LogP contribution is -2.47. The van der Waals surface area contributed by atoms with E-state index in [4.69, 9.17) is 0 Å². The second-order valence-corrected chi connectivity index (χ2v) is 6.52. The summed E-state index contributed by atoms with van der Waals surface area (Å²) in [4.78, 5) is 2.95. The molecule has 0 radical (unpaired) electrons. The van der Waals surface area contributed by atoms with Crippen LogP contribution in [0.15, 0.2) is 18.2 Å². The van der Waals surface area contributed by atoms with E-state index in [-0.39, 0.29) is 0 Å². The molecular formula is C14H19NS. The van der Waals surface area contributed by atoms with E-state index < -0.39 is 0 Å². The van der Waals surface area contributed by atoms with Crippen LogP contribution in [-0.4, -0.2) is 6.04 Å². The van der Waals surface area contributed by atoms with Gasteiger partial charge in [-0.15, -0.1) is 11.3 Å². The van der Waals surface area contributed by atoms with Gasteiger partial charge in [0.2, 0.25) is 0 Å². The van der Waals surface area contributed by atoms with E-state index in [1.807, 2.05) is 11.3 Å². The third-order valence-corrected chi connectivity index (χ3v) is 5.27. The van der Waals surface area contributed by atoms with Gasteiger partial charge < -0.3 is 5.32 Å². The van der Waals surface area contributed by atoms with Crippen LogP contribution in [0, 0.1) is 25.7 Å². The normalized spacial score (nSPS) is 31.5. The largest absolute Gasteiger partial charge is 0.308 e. The lowest BCUT2D eigenvalue weighted by Gasteiger charge is -2.40. The van der Waals surface area contributed by atoms with Gasteiger partial charge in [-0.1, -0.05) is 12.2 Å². The van der Waals surface area contributed by atoms with Gasteiger partial charge in [-0.05, 0) is 50.2 Å². The van der Waals surface area contributed by atoms with Crippen molar-refractivity contribution in [2.24, 2.45) is 11.8 Å². The summed E-state index contributed by atoms with van der Waals surface area (Å²) in [5.41, 5.74) is 1.44. The van der Waals surface area contributed by atoms with Crippen LogP contribution in [0.1, 0.15) is 28.2 Å². The summed E-state index contributed by atoms with van der Waals surface area (Å²) >= 11 is 1.94. The number of aryl methyl sites for hydroxylation is 2. The Hall–Kier alpha value is -0.600. The number of thiophene rings is 1. The maximum absolute atomic E-state index is 3.71. The molecular weight excluding hydrogens is 214 g/mol. The maximum atomic E-state index is 3.71. The standard InChI is InChI=1S/C14H19NS/c1-9-6-12(16-10(9)2)8-15-14-7-11-4-3-5-13(11)14/h3,5-6,11,13-15H,4,7-8H2,1-2H3. The molecule has 0 bridgehead atoms. The lowest BCUT2D eigenvalue weighted by atomic mass is 9.71. The van der Waals surface area contributed by atoms with Crippen molar-refractivity contribution in [3.05, 3.63) is 33.5 Å². The first-order valence-electron chi connectivity index (χ1n) is 6.20. The first kappa shape index (κ1) is 10.5. The zero-order chi connectivity index (χ0) is 11.1. The minimum atomic E-state index is 0.742. The van der Waals surface area contributed by atoms with E-state index in [1.165, 1.54) is 28.2 Å². The summed E-state index contributed by atoms with van der Waals surface area (Å²) in [6.07, 6.45) is 7.47. The molecule has 1 nitrogen and oxygen atoms in total. The highest BCUT2D eigenvalue weighted by Gasteiger charge is 2.40.